The lowest BCUT2D eigenvalue weighted by Crippen LogP contribution is -2.19. The Bertz CT molecular complexity index is 415. The summed E-state index contributed by atoms with van der Waals surface area (Å²) in [6.07, 6.45) is 24.2. The molecule has 158 valence electrons. The summed E-state index contributed by atoms with van der Waals surface area (Å²) >= 11 is 0. The molecule has 0 aromatic carbocycles. The van der Waals surface area contributed by atoms with E-state index in [2.05, 4.69) is 25.8 Å². The zero-order valence-electron chi connectivity index (χ0n) is 18.7. The summed E-state index contributed by atoms with van der Waals surface area (Å²) in [6.45, 7) is 7.39. The minimum absolute atomic E-state index is 0.0157. The molecule has 0 aromatic rings. The van der Waals surface area contributed by atoms with Crippen LogP contribution in [0.25, 0.3) is 0 Å². The van der Waals surface area contributed by atoms with Gasteiger partial charge in [-0.2, -0.15) is 0 Å². The average molecular weight is 378 g/mol. The van der Waals surface area contributed by atoms with Crippen molar-refractivity contribution in [3.05, 3.63) is 0 Å². The van der Waals surface area contributed by atoms with E-state index in [1.54, 1.807) is 0 Å². The second-order valence-electron chi connectivity index (χ2n) is 9.92. The maximum absolute atomic E-state index is 5.69. The monoisotopic (exact) mass is 377 g/mol. The molecule has 0 radical (unpaired) electrons. The van der Waals surface area contributed by atoms with E-state index in [-0.39, 0.29) is 5.54 Å². The van der Waals surface area contributed by atoms with E-state index in [1.165, 1.54) is 103 Å². The third-order valence-electron chi connectivity index (χ3n) is 6.73. The fraction of sp³-hybridized carbons (Fsp3) is 0.960. The molecule has 2 unspecified atom stereocenters. The highest BCUT2D eigenvalue weighted by Gasteiger charge is 2.26. The van der Waals surface area contributed by atoms with Gasteiger partial charge in [-0.3, -0.25) is 0 Å². The number of rotatable bonds is 14. The summed E-state index contributed by atoms with van der Waals surface area (Å²) in [5.74, 6) is 3.11. The van der Waals surface area contributed by atoms with E-state index >= 15 is 0 Å². The maximum atomic E-state index is 5.69. The van der Waals surface area contributed by atoms with Gasteiger partial charge in [0, 0.05) is 6.42 Å². The zero-order chi connectivity index (χ0) is 19.4. The summed E-state index contributed by atoms with van der Waals surface area (Å²) < 4.78 is 5.69. The SMILES string of the molecule is CCCCCCCC1CCCCC1CCCCCCCC1=NC(C)(C)CO1. The van der Waals surface area contributed by atoms with Gasteiger partial charge in [0.05, 0.1) is 5.54 Å². The molecule has 2 heteroatoms. The minimum Gasteiger partial charge on any atom is -0.478 e. The Morgan fingerprint density at radius 2 is 1.37 bits per heavy atom. The molecule has 0 N–H and O–H groups in total. The Balaban J connectivity index is 1.49. The lowest BCUT2D eigenvalue weighted by atomic mass is 9.74. The van der Waals surface area contributed by atoms with Crippen LogP contribution in [0.5, 0.6) is 0 Å². The van der Waals surface area contributed by atoms with Crippen molar-refractivity contribution in [3.8, 4) is 0 Å². The molecule has 1 aliphatic heterocycles. The molecule has 2 aliphatic rings. The summed E-state index contributed by atoms with van der Waals surface area (Å²) in [4.78, 5) is 4.66. The molecule has 1 saturated carbocycles. The Morgan fingerprint density at radius 3 is 1.93 bits per heavy atom. The molecule has 2 rings (SSSR count). The second-order valence-corrected chi connectivity index (χ2v) is 9.92. The fourth-order valence-electron chi connectivity index (χ4n) is 5.06. The van der Waals surface area contributed by atoms with Crippen molar-refractivity contribution in [2.75, 3.05) is 6.61 Å². The maximum Gasteiger partial charge on any atom is 0.183 e. The molecule has 0 amide bonds. The predicted molar refractivity (Wildman–Crippen MR) is 119 cm³/mol. The van der Waals surface area contributed by atoms with Gasteiger partial charge in [-0.15, -0.1) is 0 Å². The first-order valence-electron chi connectivity index (χ1n) is 12.3. The summed E-state index contributed by atoms with van der Waals surface area (Å²) in [7, 11) is 0. The fourth-order valence-corrected chi connectivity index (χ4v) is 5.06. The topological polar surface area (TPSA) is 21.6 Å². The normalized spacial score (nSPS) is 24.6. The number of unbranched alkanes of at least 4 members (excludes halogenated alkanes) is 8. The Hall–Kier alpha value is -0.530. The van der Waals surface area contributed by atoms with Gasteiger partial charge in [-0.25, -0.2) is 4.99 Å². The van der Waals surface area contributed by atoms with Gasteiger partial charge in [0.15, 0.2) is 5.90 Å². The van der Waals surface area contributed by atoms with E-state index in [0.717, 1.165) is 30.8 Å². The molecule has 2 nitrogen and oxygen atoms in total. The molecule has 2 atom stereocenters. The zero-order valence-corrected chi connectivity index (χ0v) is 18.7. The second kappa shape index (κ2) is 12.8. The molecular weight excluding hydrogens is 330 g/mol. The molecule has 0 bridgehead atoms. The third-order valence-corrected chi connectivity index (χ3v) is 6.73. The lowest BCUT2D eigenvalue weighted by Gasteiger charge is -2.32. The van der Waals surface area contributed by atoms with Crippen LogP contribution in [0.4, 0.5) is 0 Å². The quantitative estimate of drug-likeness (QED) is 0.280. The Labute approximate surface area is 169 Å². The van der Waals surface area contributed by atoms with Gasteiger partial charge >= 0.3 is 0 Å². The van der Waals surface area contributed by atoms with Crippen LogP contribution in [0.2, 0.25) is 0 Å². The summed E-state index contributed by atoms with van der Waals surface area (Å²) in [5.41, 5.74) is 0.0157. The first kappa shape index (κ1) is 22.8. The van der Waals surface area contributed by atoms with Crippen molar-refractivity contribution in [1.82, 2.24) is 0 Å². The van der Waals surface area contributed by atoms with Gasteiger partial charge in [-0.1, -0.05) is 103 Å². The van der Waals surface area contributed by atoms with Gasteiger partial charge in [0.2, 0.25) is 0 Å². The highest BCUT2D eigenvalue weighted by atomic mass is 16.5. The van der Waals surface area contributed by atoms with E-state index in [4.69, 9.17) is 4.74 Å². The molecule has 1 heterocycles. The molecular formula is C25H47NO. The molecule has 1 fully saturated rings. The highest BCUT2D eigenvalue weighted by Crippen LogP contribution is 2.37. The smallest absolute Gasteiger partial charge is 0.183 e. The van der Waals surface area contributed by atoms with Crippen molar-refractivity contribution in [1.29, 1.82) is 0 Å². The Kier molecular flexibility index (Phi) is 10.8. The van der Waals surface area contributed by atoms with Crippen LogP contribution in [0.3, 0.4) is 0 Å². The van der Waals surface area contributed by atoms with Gasteiger partial charge < -0.3 is 4.74 Å². The van der Waals surface area contributed by atoms with Crippen molar-refractivity contribution in [2.24, 2.45) is 16.8 Å². The number of aliphatic imine (C=N–C) groups is 1. The average Bonchev–Trinajstić information content (AvgIpc) is 3.00. The van der Waals surface area contributed by atoms with E-state index < -0.39 is 0 Å². The number of hydrogen-bond acceptors (Lipinski definition) is 2. The minimum atomic E-state index is 0.0157. The van der Waals surface area contributed by atoms with Gasteiger partial charge in [0.1, 0.15) is 6.61 Å². The van der Waals surface area contributed by atoms with Crippen molar-refractivity contribution in [2.45, 2.75) is 135 Å². The summed E-state index contributed by atoms with van der Waals surface area (Å²) in [6, 6.07) is 0. The molecule has 1 aliphatic carbocycles. The highest BCUT2D eigenvalue weighted by molar-refractivity contribution is 5.78. The van der Waals surface area contributed by atoms with Gasteiger partial charge in [-0.05, 0) is 32.1 Å². The van der Waals surface area contributed by atoms with Crippen LogP contribution in [0.15, 0.2) is 4.99 Å². The largest absolute Gasteiger partial charge is 0.478 e. The predicted octanol–water partition coefficient (Wildman–Crippen LogP) is 8.09. The van der Waals surface area contributed by atoms with E-state index in [1.807, 2.05) is 0 Å². The van der Waals surface area contributed by atoms with Crippen molar-refractivity contribution in [3.63, 3.8) is 0 Å². The summed E-state index contributed by atoms with van der Waals surface area (Å²) in [5, 5.41) is 0. The molecule has 0 aromatic heterocycles. The first-order chi connectivity index (χ1) is 13.1. The van der Waals surface area contributed by atoms with E-state index in [9.17, 15) is 0 Å². The molecule has 27 heavy (non-hydrogen) atoms. The number of ether oxygens (including phenoxy) is 1. The standard InChI is InChI=1S/C25H47NO/c1-4-5-6-8-11-16-22-18-14-15-19-23(22)17-12-9-7-10-13-20-24-26-25(2,3)21-27-24/h22-23H,4-21H2,1-3H3. The van der Waals surface area contributed by atoms with Crippen molar-refractivity contribution >= 4 is 5.90 Å². The Morgan fingerprint density at radius 1 is 0.815 bits per heavy atom. The van der Waals surface area contributed by atoms with Crippen LogP contribution < -0.4 is 0 Å². The first-order valence-corrected chi connectivity index (χ1v) is 12.3. The van der Waals surface area contributed by atoms with E-state index in [0.29, 0.717) is 0 Å². The van der Waals surface area contributed by atoms with Crippen LogP contribution in [0.1, 0.15) is 130 Å². The molecule has 0 saturated heterocycles. The van der Waals surface area contributed by atoms with Crippen LogP contribution >= 0.6 is 0 Å². The third kappa shape index (κ3) is 9.48. The number of nitrogens with zero attached hydrogens (tertiary/aromatic N) is 1. The van der Waals surface area contributed by atoms with Crippen LogP contribution in [-0.2, 0) is 4.74 Å². The van der Waals surface area contributed by atoms with Crippen LogP contribution in [-0.4, -0.2) is 18.0 Å². The molecule has 0 spiro atoms. The number of hydrogen-bond donors (Lipinski definition) is 0. The van der Waals surface area contributed by atoms with Crippen molar-refractivity contribution < 1.29 is 4.74 Å². The van der Waals surface area contributed by atoms with Gasteiger partial charge in [0.25, 0.3) is 0 Å². The lowest BCUT2D eigenvalue weighted by molar-refractivity contribution is 0.202. The van der Waals surface area contributed by atoms with Crippen LogP contribution in [0, 0.1) is 11.8 Å².